The molecule has 1 aromatic carbocycles. The molecule has 1 aliphatic heterocycles. The number of nitrogens with one attached hydrogen (secondary N) is 1. The number of carbonyl (C=O) groups excluding carboxylic acids is 1. The molecular weight excluding hydrogens is 402 g/mol. The molecule has 1 amide bonds. The first kappa shape index (κ1) is 20.2. The van der Waals surface area contributed by atoms with Gasteiger partial charge in [-0.2, -0.15) is 5.10 Å². The minimum absolute atomic E-state index is 0.143. The van der Waals surface area contributed by atoms with Crippen molar-refractivity contribution in [2.75, 3.05) is 46.1 Å². The lowest BCUT2D eigenvalue weighted by atomic mass is 10.2. The van der Waals surface area contributed by atoms with E-state index in [-0.39, 0.29) is 12.5 Å². The van der Waals surface area contributed by atoms with Gasteiger partial charge < -0.3 is 14.2 Å². The van der Waals surface area contributed by atoms with Crippen LogP contribution in [0.25, 0.3) is 0 Å². The van der Waals surface area contributed by atoms with E-state index in [1.54, 1.807) is 12.3 Å². The summed E-state index contributed by atoms with van der Waals surface area (Å²) in [6.07, 6.45) is 6.79. The molecule has 1 fully saturated rings. The molecule has 0 atom stereocenters. The lowest BCUT2D eigenvalue weighted by molar-refractivity contribution is -0.123. The van der Waals surface area contributed by atoms with Gasteiger partial charge in [0.2, 0.25) is 0 Å². The maximum absolute atomic E-state index is 11.9. The smallest absolute Gasteiger partial charge is 0.254 e. The van der Waals surface area contributed by atoms with Crippen molar-refractivity contribution >= 4 is 28.1 Å². The molecule has 7 nitrogen and oxygen atoms in total. The molecular formula is C18H22BrN3O4. The summed E-state index contributed by atoms with van der Waals surface area (Å²) in [7, 11) is 0. The molecule has 140 valence electrons. The van der Waals surface area contributed by atoms with Gasteiger partial charge >= 0.3 is 0 Å². The molecule has 0 unspecified atom stereocenters. The number of rotatable bonds is 8. The van der Waals surface area contributed by atoms with E-state index in [4.69, 9.17) is 20.6 Å². The third kappa shape index (κ3) is 6.33. The molecule has 1 aliphatic rings. The number of morpholine rings is 1. The van der Waals surface area contributed by atoms with Crippen LogP contribution in [0.3, 0.4) is 0 Å². The van der Waals surface area contributed by atoms with Crippen LogP contribution in [-0.2, 0) is 9.53 Å². The highest BCUT2D eigenvalue weighted by atomic mass is 79.9. The number of hydrogen-bond acceptors (Lipinski definition) is 6. The molecule has 0 radical (unpaired) electrons. The van der Waals surface area contributed by atoms with Crippen LogP contribution in [0.5, 0.6) is 11.5 Å². The Morgan fingerprint density at radius 1 is 1.46 bits per heavy atom. The first-order chi connectivity index (χ1) is 12.6. The van der Waals surface area contributed by atoms with Crippen molar-refractivity contribution in [2.45, 2.75) is 6.92 Å². The zero-order valence-electron chi connectivity index (χ0n) is 14.7. The second-order valence-electron chi connectivity index (χ2n) is 5.44. The Morgan fingerprint density at radius 3 is 2.92 bits per heavy atom. The van der Waals surface area contributed by atoms with Gasteiger partial charge in [-0.3, -0.25) is 9.69 Å². The predicted octanol–water partition coefficient (Wildman–Crippen LogP) is 1.64. The minimum atomic E-state index is -0.166. The fourth-order valence-electron chi connectivity index (χ4n) is 2.36. The Hall–Kier alpha value is -2.08. The molecule has 0 aromatic heterocycles. The number of hydrogen-bond donors (Lipinski definition) is 1. The van der Waals surface area contributed by atoms with E-state index in [9.17, 15) is 4.79 Å². The molecule has 2 rings (SSSR count). The van der Waals surface area contributed by atoms with Crippen LogP contribution < -0.4 is 14.9 Å². The zero-order chi connectivity index (χ0) is 18.8. The van der Waals surface area contributed by atoms with Gasteiger partial charge in [0.15, 0.2) is 11.5 Å². The van der Waals surface area contributed by atoms with E-state index < -0.39 is 0 Å². The average Bonchev–Trinajstić information content (AvgIpc) is 2.62. The van der Waals surface area contributed by atoms with Gasteiger partial charge in [0.25, 0.3) is 5.91 Å². The van der Waals surface area contributed by atoms with Crippen molar-refractivity contribution in [1.82, 2.24) is 10.3 Å². The van der Waals surface area contributed by atoms with Crippen molar-refractivity contribution in [3.8, 4) is 23.8 Å². The SMILES string of the molecule is C#CCOc1c(Br)cc(C=NNC(=O)CN2CCOCC2)cc1OCC. The molecule has 1 saturated heterocycles. The first-order valence-electron chi connectivity index (χ1n) is 8.28. The monoisotopic (exact) mass is 423 g/mol. The second-order valence-corrected chi connectivity index (χ2v) is 6.29. The van der Waals surface area contributed by atoms with Crippen LogP contribution in [0.4, 0.5) is 0 Å². The summed E-state index contributed by atoms with van der Waals surface area (Å²) < 4.78 is 17.1. The Kier molecular flexibility index (Phi) is 8.41. The Bertz CT molecular complexity index is 682. The number of amides is 1. The maximum Gasteiger partial charge on any atom is 0.254 e. The summed E-state index contributed by atoms with van der Waals surface area (Å²) >= 11 is 3.44. The van der Waals surface area contributed by atoms with E-state index >= 15 is 0 Å². The Balaban J connectivity index is 1.97. The van der Waals surface area contributed by atoms with Gasteiger partial charge in [-0.1, -0.05) is 5.92 Å². The summed E-state index contributed by atoms with van der Waals surface area (Å²) in [5.74, 6) is 3.35. The molecule has 1 heterocycles. The third-order valence-electron chi connectivity index (χ3n) is 3.51. The molecule has 26 heavy (non-hydrogen) atoms. The van der Waals surface area contributed by atoms with Gasteiger partial charge in [0.05, 0.1) is 37.1 Å². The highest BCUT2D eigenvalue weighted by Gasteiger charge is 2.14. The number of hydrazone groups is 1. The maximum atomic E-state index is 11.9. The summed E-state index contributed by atoms with van der Waals surface area (Å²) in [5, 5.41) is 4.01. The zero-order valence-corrected chi connectivity index (χ0v) is 16.3. The van der Waals surface area contributed by atoms with Crippen LogP contribution in [-0.4, -0.2) is 63.1 Å². The number of terminal acetylenes is 1. The highest BCUT2D eigenvalue weighted by Crippen LogP contribution is 2.36. The summed E-state index contributed by atoms with van der Waals surface area (Å²) in [6.45, 7) is 5.61. The largest absolute Gasteiger partial charge is 0.490 e. The normalized spacial score (nSPS) is 14.8. The first-order valence-corrected chi connectivity index (χ1v) is 9.08. The quantitative estimate of drug-likeness (QED) is 0.390. The van der Waals surface area contributed by atoms with Crippen LogP contribution in [0.15, 0.2) is 21.7 Å². The van der Waals surface area contributed by atoms with Crippen molar-refractivity contribution in [1.29, 1.82) is 0 Å². The van der Waals surface area contributed by atoms with Gasteiger partial charge in [0.1, 0.15) is 6.61 Å². The van der Waals surface area contributed by atoms with Crippen LogP contribution >= 0.6 is 15.9 Å². The highest BCUT2D eigenvalue weighted by molar-refractivity contribution is 9.10. The van der Waals surface area contributed by atoms with Crippen molar-refractivity contribution in [3.63, 3.8) is 0 Å². The topological polar surface area (TPSA) is 72.4 Å². The number of halogens is 1. The fraction of sp³-hybridized carbons (Fsp3) is 0.444. The number of ether oxygens (including phenoxy) is 3. The fourth-order valence-corrected chi connectivity index (χ4v) is 2.93. The predicted molar refractivity (Wildman–Crippen MR) is 103 cm³/mol. The molecule has 0 spiro atoms. The molecule has 0 aliphatic carbocycles. The van der Waals surface area contributed by atoms with Gasteiger partial charge in [-0.25, -0.2) is 5.43 Å². The number of benzene rings is 1. The summed E-state index contributed by atoms with van der Waals surface area (Å²) in [5.41, 5.74) is 3.28. The van der Waals surface area contributed by atoms with Crippen LogP contribution in [0.2, 0.25) is 0 Å². The van der Waals surface area contributed by atoms with E-state index in [1.807, 2.05) is 17.9 Å². The van der Waals surface area contributed by atoms with E-state index in [0.717, 1.165) is 18.7 Å². The molecule has 1 N–H and O–H groups in total. The van der Waals surface area contributed by atoms with Crippen LogP contribution in [0, 0.1) is 12.3 Å². The lowest BCUT2D eigenvalue weighted by Gasteiger charge is -2.25. The Labute approximate surface area is 161 Å². The number of nitrogens with zero attached hydrogens (tertiary/aromatic N) is 2. The molecule has 1 aromatic rings. The summed E-state index contributed by atoms with van der Waals surface area (Å²) in [4.78, 5) is 14.0. The molecule has 8 heteroatoms. The summed E-state index contributed by atoms with van der Waals surface area (Å²) in [6, 6.07) is 3.59. The minimum Gasteiger partial charge on any atom is -0.490 e. The Morgan fingerprint density at radius 2 is 2.23 bits per heavy atom. The third-order valence-corrected chi connectivity index (χ3v) is 4.09. The second kappa shape index (κ2) is 10.8. The van der Waals surface area contributed by atoms with Crippen molar-refractivity contribution < 1.29 is 19.0 Å². The van der Waals surface area contributed by atoms with E-state index in [0.29, 0.717) is 42.3 Å². The van der Waals surface area contributed by atoms with Crippen molar-refractivity contribution in [3.05, 3.63) is 22.2 Å². The van der Waals surface area contributed by atoms with Gasteiger partial charge in [-0.15, -0.1) is 6.42 Å². The molecule has 0 bridgehead atoms. The van der Waals surface area contributed by atoms with Crippen LogP contribution in [0.1, 0.15) is 12.5 Å². The lowest BCUT2D eigenvalue weighted by Crippen LogP contribution is -2.42. The van der Waals surface area contributed by atoms with Gasteiger partial charge in [0, 0.05) is 13.1 Å². The van der Waals surface area contributed by atoms with Gasteiger partial charge in [-0.05, 0) is 40.5 Å². The average molecular weight is 424 g/mol. The van der Waals surface area contributed by atoms with E-state index in [2.05, 4.69) is 32.4 Å². The van der Waals surface area contributed by atoms with Crippen molar-refractivity contribution in [2.24, 2.45) is 5.10 Å². The molecule has 0 saturated carbocycles. The number of carbonyl (C=O) groups is 1. The van der Waals surface area contributed by atoms with E-state index in [1.165, 1.54) is 0 Å². The standard InChI is InChI=1S/C18H22BrN3O4/c1-3-7-26-18-15(19)10-14(11-16(18)25-4-2)12-20-21-17(23)13-22-5-8-24-9-6-22/h1,10-12H,4-9,13H2,2H3,(H,21,23).